The van der Waals surface area contributed by atoms with E-state index in [4.69, 9.17) is 0 Å². The van der Waals surface area contributed by atoms with Crippen LogP contribution in [-0.2, 0) is 0 Å². The molecule has 1 aliphatic heterocycles. The lowest BCUT2D eigenvalue weighted by atomic mass is 9.90. The van der Waals surface area contributed by atoms with E-state index in [1.54, 1.807) is 23.0 Å². The number of hydrogen-bond acceptors (Lipinski definition) is 5. The largest absolute Gasteiger partial charge is 0.358 e. The Morgan fingerprint density at radius 2 is 1.82 bits per heavy atom. The van der Waals surface area contributed by atoms with E-state index in [2.05, 4.69) is 69.9 Å². The Bertz CT molecular complexity index is 1580. The average molecular weight is 536 g/mol. The molecule has 2 atom stereocenters. The molecule has 3 aromatic carbocycles. The van der Waals surface area contributed by atoms with E-state index in [0.717, 1.165) is 43.6 Å². The topological polar surface area (TPSA) is 79.3 Å². The van der Waals surface area contributed by atoms with Crippen LogP contribution in [0.4, 0.5) is 5.82 Å². The number of nitrogens with one attached hydrogen (secondary N) is 2. The van der Waals surface area contributed by atoms with Crippen molar-refractivity contribution < 1.29 is 4.79 Å². The maximum absolute atomic E-state index is 13.9. The predicted molar refractivity (Wildman–Crippen MR) is 160 cm³/mol. The molecule has 0 radical (unpaired) electrons. The van der Waals surface area contributed by atoms with Crippen molar-refractivity contribution in [1.82, 2.24) is 19.8 Å². The van der Waals surface area contributed by atoms with Gasteiger partial charge in [-0.3, -0.25) is 14.2 Å². The van der Waals surface area contributed by atoms with Crippen molar-refractivity contribution >= 4 is 22.5 Å². The molecule has 0 spiro atoms. The van der Waals surface area contributed by atoms with Gasteiger partial charge >= 0.3 is 0 Å². The average Bonchev–Trinajstić information content (AvgIpc) is 3.63. The van der Waals surface area contributed by atoms with E-state index in [1.807, 2.05) is 19.1 Å². The summed E-state index contributed by atoms with van der Waals surface area (Å²) in [6.07, 6.45) is 7.86. The van der Waals surface area contributed by atoms with Crippen molar-refractivity contribution in [1.29, 1.82) is 0 Å². The highest BCUT2D eigenvalue weighted by molar-refractivity contribution is 5.95. The van der Waals surface area contributed by atoms with Gasteiger partial charge in [0, 0.05) is 30.5 Å². The number of fused-ring (bicyclic) bond motifs is 1. The molecule has 2 aliphatic rings. The third-order valence-electron chi connectivity index (χ3n) is 8.25. The second-order valence-electron chi connectivity index (χ2n) is 11.4. The number of likely N-dealkylation sites (tertiary alicyclic amines) is 1. The molecule has 7 heteroatoms. The zero-order chi connectivity index (χ0) is 27.6. The number of carbonyl (C=O) groups is 1. The van der Waals surface area contributed by atoms with Crippen molar-refractivity contribution in [2.24, 2.45) is 5.92 Å². The van der Waals surface area contributed by atoms with Gasteiger partial charge in [0.25, 0.3) is 11.5 Å². The zero-order valence-corrected chi connectivity index (χ0v) is 23.3. The second kappa shape index (κ2) is 11.3. The number of rotatable bonds is 9. The number of aryl methyl sites for hydroxylation is 1. The van der Waals surface area contributed by atoms with Crippen LogP contribution in [0, 0.1) is 12.8 Å². The second-order valence-corrected chi connectivity index (χ2v) is 11.4. The Labute approximate surface area is 235 Å². The van der Waals surface area contributed by atoms with Gasteiger partial charge in [-0.05, 0) is 85.6 Å². The zero-order valence-electron chi connectivity index (χ0n) is 23.3. The quantitative estimate of drug-likeness (QED) is 0.297. The Morgan fingerprint density at radius 1 is 1.05 bits per heavy atom. The summed E-state index contributed by atoms with van der Waals surface area (Å²) >= 11 is 0. The van der Waals surface area contributed by atoms with Crippen LogP contribution in [-0.4, -0.2) is 46.0 Å². The number of hydrogen-bond donors (Lipinski definition) is 2. The van der Waals surface area contributed by atoms with Gasteiger partial charge in [0.05, 0.1) is 11.7 Å². The molecule has 2 heterocycles. The van der Waals surface area contributed by atoms with Crippen molar-refractivity contribution in [3.63, 3.8) is 0 Å². The first-order chi connectivity index (χ1) is 19.5. The van der Waals surface area contributed by atoms with Gasteiger partial charge < -0.3 is 15.5 Å². The van der Waals surface area contributed by atoms with Gasteiger partial charge in [-0.1, -0.05) is 55.5 Å². The van der Waals surface area contributed by atoms with Crippen LogP contribution in [0.25, 0.3) is 16.5 Å². The molecule has 6 rings (SSSR count). The fraction of sp³-hybridized carbons (Fsp3) is 0.364. The van der Waals surface area contributed by atoms with Crippen LogP contribution in [0.2, 0.25) is 0 Å². The van der Waals surface area contributed by atoms with Crippen LogP contribution >= 0.6 is 0 Å². The van der Waals surface area contributed by atoms with E-state index in [9.17, 15) is 9.59 Å². The van der Waals surface area contributed by atoms with Crippen molar-refractivity contribution in [3.05, 3.63) is 100 Å². The van der Waals surface area contributed by atoms with E-state index >= 15 is 0 Å². The minimum absolute atomic E-state index is 0.101. The van der Waals surface area contributed by atoms with Gasteiger partial charge in [0.15, 0.2) is 5.82 Å². The van der Waals surface area contributed by atoms with E-state index in [-0.39, 0.29) is 29.5 Å². The maximum Gasteiger partial charge on any atom is 0.297 e. The molecule has 206 valence electrons. The summed E-state index contributed by atoms with van der Waals surface area (Å²) < 4.78 is 1.60. The lowest BCUT2D eigenvalue weighted by Crippen LogP contribution is -2.33. The maximum atomic E-state index is 13.9. The van der Waals surface area contributed by atoms with Crippen LogP contribution < -0.4 is 16.2 Å². The molecular weight excluding hydrogens is 498 g/mol. The Kier molecular flexibility index (Phi) is 7.39. The summed E-state index contributed by atoms with van der Waals surface area (Å²) in [7, 11) is 0. The molecule has 7 nitrogen and oxygen atoms in total. The van der Waals surface area contributed by atoms with Gasteiger partial charge in [-0.25, -0.2) is 4.98 Å². The fourth-order valence-electron chi connectivity index (χ4n) is 5.88. The lowest BCUT2D eigenvalue weighted by Gasteiger charge is -2.30. The van der Waals surface area contributed by atoms with Crippen molar-refractivity contribution in [3.8, 4) is 5.69 Å². The fourth-order valence-corrected chi connectivity index (χ4v) is 5.88. The summed E-state index contributed by atoms with van der Waals surface area (Å²) in [6.45, 7) is 7.39. The Hall–Kier alpha value is -3.97. The standard InChI is InChI=1S/C33H37N5O2/c1-22-12-13-25(32(39)35-26-14-15-26)20-29(22)38-19-16-34-31(33(38)40)36-30(23(2)21-37-17-5-6-18-37)28-11-7-9-24-8-3-4-10-27(24)28/h3-4,7-13,16,19-20,23,26,30H,5-6,14-15,17-18,21H2,1-2H3,(H,34,36)(H,35,39)/t23-,30+/m0/s1. The van der Waals surface area contributed by atoms with Crippen LogP contribution in [0.3, 0.4) is 0 Å². The number of aromatic nitrogens is 2. The molecular formula is C33H37N5O2. The highest BCUT2D eigenvalue weighted by Crippen LogP contribution is 2.32. The molecule has 0 bridgehead atoms. The third-order valence-corrected chi connectivity index (χ3v) is 8.25. The van der Waals surface area contributed by atoms with Crippen LogP contribution in [0.1, 0.15) is 60.1 Å². The van der Waals surface area contributed by atoms with E-state index in [1.165, 1.54) is 23.6 Å². The summed E-state index contributed by atoms with van der Waals surface area (Å²) in [5.74, 6) is 0.437. The minimum Gasteiger partial charge on any atom is -0.358 e. The van der Waals surface area contributed by atoms with Gasteiger partial charge in [0.2, 0.25) is 0 Å². The number of anilines is 1. The molecule has 40 heavy (non-hydrogen) atoms. The van der Waals surface area contributed by atoms with Crippen LogP contribution in [0.5, 0.6) is 0 Å². The molecule has 1 aromatic heterocycles. The predicted octanol–water partition coefficient (Wildman–Crippen LogP) is 5.47. The van der Waals surface area contributed by atoms with Gasteiger partial charge in [-0.2, -0.15) is 0 Å². The number of amides is 1. The first-order valence-electron chi connectivity index (χ1n) is 14.4. The number of carbonyl (C=O) groups excluding carboxylic acids is 1. The molecule has 1 saturated carbocycles. The Morgan fingerprint density at radius 3 is 2.62 bits per heavy atom. The third kappa shape index (κ3) is 5.52. The first-order valence-corrected chi connectivity index (χ1v) is 14.4. The van der Waals surface area contributed by atoms with E-state index < -0.39 is 0 Å². The molecule has 2 fully saturated rings. The highest BCUT2D eigenvalue weighted by atomic mass is 16.2. The van der Waals surface area contributed by atoms with Crippen molar-refractivity contribution in [2.75, 3.05) is 25.0 Å². The summed E-state index contributed by atoms with van der Waals surface area (Å²) in [5, 5.41) is 8.97. The van der Waals surface area contributed by atoms with Gasteiger partial charge in [0.1, 0.15) is 0 Å². The molecule has 1 amide bonds. The minimum atomic E-state index is -0.232. The van der Waals surface area contributed by atoms with Gasteiger partial charge in [-0.15, -0.1) is 0 Å². The normalized spacial score (nSPS) is 17.1. The summed E-state index contributed by atoms with van der Waals surface area (Å²) in [6, 6.07) is 20.5. The van der Waals surface area contributed by atoms with Crippen LogP contribution in [0.15, 0.2) is 77.9 Å². The van der Waals surface area contributed by atoms with E-state index in [0.29, 0.717) is 17.1 Å². The summed E-state index contributed by atoms with van der Waals surface area (Å²) in [5.41, 5.74) is 3.08. The first kappa shape index (κ1) is 26.3. The number of benzene rings is 3. The number of nitrogens with zero attached hydrogens (tertiary/aromatic N) is 3. The van der Waals surface area contributed by atoms with Crippen molar-refractivity contribution in [2.45, 2.75) is 51.6 Å². The smallest absolute Gasteiger partial charge is 0.297 e. The lowest BCUT2D eigenvalue weighted by molar-refractivity contribution is 0.0951. The molecule has 0 unspecified atom stereocenters. The monoisotopic (exact) mass is 535 g/mol. The summed E-state index contributed by atoms with van der Waals surface area (Å²) in [4.78, 5) is 33.7. The SMILES string of the molecule is Cc1ccc(C(=O)NC2CC2)cc1-n1ccnc(N[C@@H](c2cccc3ccccc23)[C@@H](C)CN2CCCC2)c1=O. The Balaban J connectivity index is 1.36. The molecule has 2 N–H and O–H groups in total. The molecule has 1 aliphatic carbocycles. The highest BCUT2D eigenvalue weighted by Gasteiger charge is 2.27. The molecule has 1 saturated heterocycles. The molecule has 4 aromatic rings.